The zero-order valence-corrected chi connectivity index (χ0v) is 6.50. The van der Waals surface area contributed by atoms with E-state index in [2.05, 4.69) is 12.6 Å². The second-order valence-electron chi connectivity index (χ2n) is 1.57. The van der Waals surface area contributed by atoms with Crippen molar-refractivity contribution in [1.82, 2.24) is 0 Å². The topological polar surface area (TPSA) is 37.3 Å². The van der Waals surface area contributed by atoms with Crippen LogP contribution in [-0.4, -0.2) is 28.2 Å². The van der Waals surface area contributed by atoms with Crippen molar-refractivity contribution in [2.75, 3.05) is 12.5 Å². The quantitative estimate of drug-likeness (QED) is 0.439. The lowest BCUT2D eigenvalue weighted by atomic mass is 10.8. The van der Waals surface area contributed by atoms with Gasteiger partial charge in [-0.25, -0.2) is 4.79 Å². The molecule has 0 spiro atoms. The van der Waals surface area contributed by atoms with E-state index in [1.165, 1.54) is 0 Å². The molecule has 8 heavy (non-hydrogen) atoms. The normalized spacial score (nSPS) is 14.0. The molecule has 0 aliphatic carbocycles. The fraction of sp³-hybridized carbons (Fsp3) is 0.750. The van der Waals surface area contributed by atoms with Crippen LogP contribution in [0.5, 0.6) is 0 Å². The fourth-order valence-electron chi connectivity index (χ4n) is 0.202. The highest BCUT2D eigenvalue weighted by Gasteiger charge is 2.24. The summed E-state index contributed by atoms with van der Waals surface area (Å²) in [6.45, 7) is 0. The van der Waals surface area contributed by atoms with Gasteiger partial charge in [0.05, 0.1) is 12.5 Å². The molecule has 0 heterocycles. The molecule has 0 amide bonds. The van der Waals surface area contributed by atoms with E-state index in [0.717, 1.165) is 0 Å². The van der Waals surface area contributed by atoms with Crippen molar-refractivity contribution in [3.8, 4) is 0 Å². The van der Waals surface area contributed by atoms with Gasteiger partial charge in [0, 0.05) is 10.9 Å². The van der Waals surface area contributed by atoms with Gasteiger partial charge in [-0.1, -0.05) is 0 Å². The van der Waals surface area contributed by atoms with Gasteiger partial charge in [-0.05, 0) is 0 Å². The Labute approximate surface area is 57.0 Å². The van der Waals surface area contributed by atoms with E-state index in [-0.39, 0.29) is 10.9 Å². The molecular weight excluding hydrogens is 144 g/mol. The molecule has 1 atom stereocenters. The number of aliphatic carboxylic acids is 1. The Morgan fingerprint density at radius 3 is 2.12 bits per heavy atom. The summed E-state index contributed by atoms with van der Waals surface area (Å²) in [4.78, 5) is 10.1. The Morgan fingerprint density at radius 2 is 2.12 bits per heavy atom. The Hall–Kier alpha value is 0.170. The standard InChI is InChI=1S/C4H8O2S2/c1-8(2)4(7)3(5)6/h4H,1-2H3,(H-,5,6,7)/p+1. The highest BCUT2D eigenvalue weighted by molar-refractivity contribution is 8.08. The molecule has 0 aromatic carbocycles. The van der Waals surface area contributed by atoms with E-state index in [1.54, 1.807) is 0 Å². The fourth-order valence-corrected chi connectivity index (χ4v) is 0.605. The molecule has 2 nitrogen and oxygen atoms in total. The largest absolute Gasteiger partial charge is 0.477 e. The van der Waals surface area contributed by atoms with Crippen LogP contribution in [0.3, 0.4) is 0 Å². The third-order valence-corrected chi connectivity index (χ3v) is 3.24. The molecule has 0 rings (SSSR count). The van der Waals surface area contributed by atoms with E-state index in [9.17, 15) is 4.79 Å². The van der Waals surface area contributed by atoms with Crippen LogP contribution in [0.4, 0.5) is 0 Å². The summed E-state index contributed by atoms with van der Waals surface area (Å²) in [5.74, 6) is -0.832. The van der Waals surface area contributed by atoms with Gasteiger partial charge in [-0.2, -0.15) is 0 Å². The van der Waals surface area contributed by atoms with Crippen LogP contribution in [0.25, 0.3) is 0 Å². The van der Waals surface area contributed by atoms with Gasteiger partial charge in [0.1, 0.15) is 0 Å². The molecule has 4 heteroatoms. The van der Waals surface area contributed by atoms with Crippen LogP contribution in [0.2, 0.25) is 0 Å². The maximum absolute atomic E-state index is 10.1. The molecule has 0 bridgehead atoms. The molecule has 0 radical (unpaired) electrons. The summed E-state index contributed by atoms with van der Waals surface area (Å²) in [5, 5.41) is 8.28. The van der Waals surface area contributed by atoms with Crippen LogP contribution in [0.1, 0.15) is 0 Å². The van der Waals surface area contributed by atoms with Crippen LogP contribution in [0, 0.1) is 0 Å². The lowest BCUT2D eigenvalue weighted by Gasteiger charge is -1.98. The van der Waals surface area contributed by atoms with Crippen LogP contribution in [0.15, 0.2) is 0 Å². The Morgan fingerprint density at radius 1 is 1.75 bits per heavy atom. The van der Waals surface area contributed by atoms with E-state index in [1.807, 2.05) is 12.5 Å². The van der Waals surface area contributed by atoms with Crippen LogP contribution < -0.4 is 0 Å². The van der Waals surface area contributed by atoms with Crippen molar-refractivity contribution >= 4 is 29.5 Å². The minimum Gasteiger partial charge on any atom is -0.477 e. The second-order valence-corrected chi connectivity index (χ2v) is 4.67. The molecule has 0 fully saturated rings. The molecule has 0 aliphatic heterocycles. The molecule has 0 aliphatic rings. The van der Waals surface area contributed by atoms with E-state index < -0.39 is 10.6 Å². The molecule has 1 unspecified atom stereocenters. The summed E-state index contributed by atoms with van der Waals surface area (Å²) in [6.07, 6.45) is 3.71. The molecule has 0 aromatic rings. The summed E-state index contributed by atoms with van der Waals surface area (Å²) < 4.78 is -0.491. The van der Waals surface area contributed by atoms with Crippen molar-refractivity contribution in [2.45, 2.75) is 4.58 Å². The smallest absolute Gasteiger partial charge is 0.367 e. The van der Waals surface area contributed by atoms with Crippen molar-refractivity contribution in [2.24, 2.45) is 0 Å². The van der Waals surface area contributed by atoms with Crippen molar-refractivity contribution in [1.29, 1.82) is 0 Å². The number of thiol groups is 1. The van der Waals surface area contributed by atoms with E-state index >= 15 is 0 Å². The maximum atomic E-state index is 10.1. The Kier molecular flexibility index (Phi) is 3.31. The van der Waals surface area contributed by atoms with Gasteiger partial charge in [0.15, 0.2) is 0 Å². The number of hydrogen-bond donors (Lipinski definition) is 2. The Bertz CT molecular complexity index is 92.0. The van der Waals surface area contributed by atoms with Crippen LogP contribution >= 0.6 is 12.6 Å². The third kappa shape index (κ3) is 2.47. The van der Waals surface area contributed by atoms with E-state index in [0.29, 0.717) is 0 Å². The summed E-state index contributed by atoms with van der Waals surface area (Å²) in [6, 6.07) is 0. The molecule has 48 valence electrons. The first-order chi connectivity index (χ1) is 3.55. The summed E-state index contributed by atoms with van der Waals surface area (Å²) in [7, 11) is -0.126. The SMILES string of the molecule is C[S+](C)C(S)C(=O)O. The van der Waals surface area contributed by atoms with Gasteiger partial charge in [-0.3, -0.25) is 0 Å². The van der Waals surface area contributed by atoms with Gasteiger partial charge < -0.3 is 5.11 Å². The zero-order chi connectivity index (χ0) is 6.73. The maximum Gasteiger partial charge on any atom is 0.367 e. The van der Waals surface area contributed by atoms with Crippen molar-refractivity contribution < 1.29 is 9.90 Å². The molecule has 0 aromatic heterocycles. The third-order valence-electron chi connectivity index (χ3n) is 0.658. The average Bonchev–Trinajstić information content (AvgIpc) is 1.64. The lowest BCUT2D eigenvalue weighted by Crippen LogP contribution is -2.22. The first-order valence-corrected chi connectivity index (χ1v) is 4.65. The summed E-state index contributed by atoms with van der Waals surface area (Å²) in [5.41, 5.74) is 0. The highest BCUT2D eigenvalue weighted by atomic mass is 32.2. The van der Waals surface area contributed by atoms with E-state index in [4.69, 9.17) is 5.11 Å². The van der Waals surface area contributed by atoms with Gasteiger partial charge in [0.25, 0.3) is 4.58 Å². The minimum absolute atomic E-state index is 0.126. The molecule has 0 saturated heterocycles. The predicted octanol–water partition coefficient (Wildman–Crippen LogP) is 0.205. The van der Waals surface area contributed by atoms with Crippen molar-refractivity contribution in [3.05, 3.63) is 0 Å². The Balaban J connectivity index is 3.64. The first-order valence-electron chi connectivity index (χ1n) is 2.03. The first kappa shape index (κ1) is 8.17. The van der Waals surface area contributed by atoms with Gasteiger partial charge >= 0.3 is 5.97 Å². The number of carboxylic acid groups (broad SMARTS) is 1. The zero-order valence-electron chi connectivity index (χ0n) is 4.79. The number of rotatable bonds is 2. The molecule has 0 saturated carbocycles. The predicted molar refractivity (Wildman–Crippen MR) is 39.6 cm³/mol. The van der Waals surface area contributed by atoms with Crippen LogP contribution in [-0.2, 0) is 15.7 Å². The number of carboxylic acids is 1. The molecule has 1 N–H and O–H groups in total. The second kappa shape index (κ2) is 3.25. The highest BCUT2D eigenvalue weighted by Crippen LogP contribution is 2.03. The monoisotopic (exact) mass is 153 g/mol. The number of hydrogen-bond acceptors (Lipinski definition) is 2. The van der Waals surface area contributed by atoms with Gasteiger partial charge in [-0.15, -0.1) is 12.6 Å². The number of carbonyl (C=O) groups is 1. The van der Waals surface area contributed by atoms with Crippen molar-refractivity contribution in [3.63, 3.8) is 0 Å². The lowest BCUT2D eigenvalue weighted by molar-refractivity contribution is -0.134. The minimum atomic E-state index is -0.832. The average molecular weight is 153 g/mol. The van der Waals surface area contributed by atoms with Gasteiger partial charge in [0.2, 0.25) is 0 Å². The summed E-state index contributed by atoms with van der Waals surface area (Å²) >= 11 is 3.83. The molecular formula is C4H9O2S2+.